The van der Waals surface area contributed by atoms with E-state index in [4.69, 9.17) is 0 Å². The summed E-state index contributed by atoms with van der Waals surface area (Å²) in [5, 5.41) is 5.79. The highest BCUT2D eigenvalue weighted by atomic mass is 32.2. The van der Waals surface area contributed by atoms with Crippen LogP contribution in [-0.4, -0.2) is 45.0 Å². The van der Waals surface area contributed by atoms with Crippen LogP contribution in [0.4, 0.5) is 0 Å². The molecule has 0 aromatic heterocycles. The predicted octanol–water partition coefficient (Wildman–Crippen LogP) is -1.88. The number of fused-ring (bicyclic) bond motifs is 3. The van der Waals surface area contributed by atoms with Crippen LogP contribution < -0.4 is 10.6 Å². The first-order valence-electron chi connectivity index (χ1n) is 4.28. The summed E-state index contributed by atoms with van der Waals surface area (Å²) in [6.45, 7) is 1.03. The van der Waals surface area contributed by atoms with Gasteiger partial charge < -0.3 is 10.6 Å². The Hall–Kier alpha value is -0.620. The van der Waals surface area contributed by atoms with Crippen molar-refractivity contribution in [3.05, 3.63) is 0 Å². The Morgan fingerprint density at radius 1 is 1.23 bits per heavy atom. The molecule has 0 aromatic carbocycles. The van der Waals surface area contributed by atoms with E-state index in [9.17, 15) is 13.2 Å². The molecule has 2 atom stereocenters. The van der Waals surface area contributed by atoms with Crippen molar-refractivity contribution >= 4 is 15.7 Å². The van der Waals surface area contributed by atoms with Gasteiger partial charge in [0.05, 0.1) is 23.5 Å². The van der Waals surface area contributed by atoms with Crippen LogP contribution in [0.15, 0.2) is 0 Å². The summed E-state index contributed by atoms with van der Waals surface area (Å²) >= 11 is 0. The van der Waals surface area contributed by atoms with Crippen molar-refractivity contribution in [2.24, 2.45) is 5.92 Å². The lowest BCUT2D eigenvalue weighted by molar-refractivity contribution is -0.124. The first-order valence-corrected chi connectivity index (χ1v) is 6.10. The van der Waals surface area contributed by atoms with Gasteiger partial charge in [0.15, 0.2) is 9.84 Å². The quantitative estimate of drug-likeness (QED) is 0.484. The van der Waals surface area contributed by atoms with Gasteiger partial charge in [-0.2, -0.15) is 0 Å². The minimum atomic E-state index is -3.03. The Morgan fingerprint density at radius 2 is 2.00 bits per heavy atom. The van der Waals surface area contributed by atoms with E-state index >= 15 is 0 Å². The van der Waals surface area contributed by atoms with Gasteiger partial charge in [0.1, 0.15) is 0 Å². The first-order chi connectivity index (χ1) is 6.07. The summed E-state index contributed by atoms with van der Waals surface area (Å²) in [5.41, 5.74) is 0. The molecule has 2 aliphatic heterocycles. The molecule has 2 heterocycles. The second-order valence-corrected chi connectivity index (χ2v) is 5.79. The normalized spacial score (nSPS) is 37.7. The molecule has 0 aromatic rings. The molecule has 0 radical (unpaired) electrons. The summed E-state index contributed by atoms with van der Waals surface area (Å²) in [4.78, 5) is 11.4. The molecule has 2 saturated heterocycles. The average molecular weight is 204 g/mol. The van der Waals surface area contributed by atoms with Gasteiger partial charge in [0.2, 0.25) is 5.91 Å². The molecule has 2 bridgehead atoms. The zero-order valence-electron chi connectivity index (χ0n) is 7.12. The van der Waals surface area contributed by atoms with E-state index in [-0.39, 0.29) is 23.5 Å². The third kappa shape index (κ3) is 1.83. The van der Waals surface area contributed by atoms with Crippen LogP contribution >= 0.6 is 0 Å². The summed E-state index contributed by atoms with van der Waals surface area (Å²) in [7, 11) is -3.03. The largest absolute Gasteiger partial charge is 0.351 e. The zero-order chi connectivity index (χ0) is 9.47. The highest BCUT2D eigenvalue weighted by Crippen LogP contribution is 2.12. The monoisotopic (exact) mass is 204 g/mol. The van der Waals surface area contributed by atoms with Gasteiger partial charge in [0, 0.05) is 13.1 Å². The van der Waals surface area contributed by atoms with Crippen LogP contribution in [0.5, 0.6) is 0 Å². The van der Waals surface area contributed by atoms with Crippen molar-refractivity contribution in [1.82, 2.24) is 10.6 Å². The highest BCUT2D eigenvalue weighted by Gasteiger charge is 2.35. The maximum absolute atomic E-state index is 11.4. The van der Waals surface area contributed by atoms with Crippen LogP contribution in [0, 0.1) is 5.92 Å². The summed E-state index contributed by atoms with van der Waals surface area (Å²) in [6, 6.07) is -0.245. The highest BCUT2D eigenvalue weighted by molar-refractivity contribution is 7.91. The zero-order valence-corrected chi connectivity index (χ0v) is 7.93. The molecule has 2 rings (SSSR count). The van der Waals surface area contributed by atoms with E-state index in [1.54, 1.807) is 0 Å². The third-order valence-electron chi connectivity index (χ3n) is 2.41. The minimum Gasteiger partial charge on any atom is -0.351 e. The van der Waals surface area contributed by atoms with E-state index in [1.807, 2.05) is 0 Å². The molecule has 2 unspecified atom stereocenters. The van der Waals surface area contributed by atoms with Gasteiger partial charge in [-0.3, -0.25) is 4.79 Å². The Balaban J connectivity index is 2.32. The van der Waals surface area contributed by atoms with Gasteiger partial charge in [-0.15, -0.1) is 0 Å². The van der Waals surface area contributed by atoms with Crippen LogP contribution in [0.3, 0.4) is 0 Å². The van der Waals surface area contributed by atoms with E-state index in [0.29, 0.717) is 13.1 Å². The molecule has 0 aliphatic carbocycles. The second kappa shape index (κ2) is 2.95. The topological polar surface area (TPSA) is 75.3 Å². The standard InChI is InChI=1S/C7H12N2O3S/c10-7-5-1-8-2-6(9-7)4-13(11,12)3-5/h5-6,8H,1-4H2,(H,9,10). The van der Waals surface area contributed by atoms with Crippen molar-refractivity contribution in [2.75, 3.05) is 24.6 Å². The fourth-order valence-electron chi connectivity index (χ4n) is 1.81. The number of amides is 1. The number of carbonyl (C=O) groups is 1. The van der Waals surface area contributed by atoms with E-state index in [1.165, 1.54) is 0 Å². The lowest BCUT2D eigenvalue weighted by atomic mass is 10.2. The smallest absolute Gasteiger partial charge is 0.225 e. The number of nitrogens with one attached hydrogen (secondary N) is 2. The van der Waals surface area contributed by atoms with Crippen LogP contribution in [0.1, 0.15) is 0 Å². The lowest BCUT2D eigenvalue weighted by Gasteiger charge is -2.15. The van der Waals surface area contributed by atoms with Crippen molar-refractivity contribution in [2.45, 2.75) is 6.04 Å². The summed E-state index contributed by atoms with van der Waals surface area (Å²) in [6.07, 6.45) is 0. The number of rotatable bonds is 0. The van der Waals surface area contributed by atoms with Gasteiger partial charge in [-0.25, -0.2) is 8.42 Å². The van der Waals surface area contributed by atoms with Crippen molar-refractivity contribution in [1.29, 1.82) is 0 Å². The van der Waals surface area contributed by atoms with Crippen LogP contribution in [0.25, 0.3) is 0 Å². The third-order valence-corrected chi connectivity index (χ3v) is 4.23. The van der Waals surface area contributed by atoms with Gasteiger partial charge in [-0.05, 0) is 0 Å². The van der Waals surface area contributed by atoms with Gasteiger partial charge >= 0.3 is 0 Å². The van der Waals surface area contributed by atoms with E-state index in [2.05, 4.69) is 10.6 Å². The molecular formula is C7H12N2O3S. The molecule has 74 valence electrons. The SMILES string of the molecule is O=C1NC2CNCC1CS(=O)(=O)C2. The predicted molar refractivity (Wildman–Crippen MR) is 46.9 cm³/mol. The van der Waals surface area contributed by atoms with Gasteiger partial charge in [0.25, 0.3) is 0 Å². The molecular weight excluding hydrogens is 192 g/mol. The van der Waals surface area contributed by atoms with Crippen molar-refractivity contribution < 1.29 is 13.2 Å². The number of hydrogen-bond donors (Lipinski definition) is 2. The molecule has 5 nitrogen and oxygen atoms in total. The maximum Gasteiger partial charge on any atom is 0.225 e. The molecule has 2 aliphatic rings. The summed E-state index contributed by atoms with van der Waals surface area (Å²) in [5.74, 6) is -0.474. The van der Waals surface area contributed by atoms with Crippen molar-refractivity contribution in [3.8, 4) is 0 Å². The van der Waals surface area contributed by atoms with Crippen molar-refractivity contribution in [3.63, 3.8) is 0 Å². The average Bonchev–Trinajstić information content (AvgIpc) is 2.16. The fourth-order valence-corrected chi connectivity index (χ4v) is 3.64. The molecule has 0 saturated carbocycles. The molecule has 6 heteroatoms. The van der Waals surface area contributed by atoms with E-state index in [0.717, 1.165) is 0 Å². The Bertz CT molecular complexity index is 325. The number of sulfone groups is 1. The van der Waals surface area contributed by atoms with Crippen LogP contribution in [0.2, 0.25) is 0 Å². The Morgan fingerprint density at radius 3 is 2.77 bits per heavy atom. The second-order valence-electron chi connectivity index (χ2n) is 3.64. The molecule has 2 N–H and O–H groups in total. The maximum atomic E-state index is 11.4. The number of carbonyl (C=O) groups excluding carboxylic acids is 1. The minimum absolute atomic E-state index is 0.0116. The molecule has 13 heavy (non-hydrogen) atoms. The van der Waals surface area contributed by atoms with Gasteiger partial charge in [-0.1, -0.05) is 0 Å². The molecule has 1 amide bonds. The van der Waals surface area contributed by atoms with E-state index < -0.39 is 15.8 Å². The number of hydrogen-bond acceptors (Lipinski definition) is 4. The lowest BCUT2D eigenvalue weighted by Crippen LogP contribution is -2.41. The molecule has 2 fully saturated rings. The Labute approximate surface area is 76.8 Å². The van der Waals surface area contributed by atoms with Crippen LogP contribution in [-0.2, 0) is 14.6 Å². The Kier molecular flexibility index (Phi) is 2.03. The first kappa shape index (κ1) is 8.96. The fraction of sp³-hybridized carbons (Fsp3) is 0.857. The molecule has 0 spiro atoms. The summed E-state index contributed by atoms with van der Waals surface area (Å²) < 4.78 is 22.8.